The predicted molar refractivity (Wildman–Crippen MR) is 81.4 cm³/mol. The van der Waals surface area contributed by atoms with Gasteiger partial charge in [0.2, 0.25) is 0 Å². The van der Waals surface area contributed by atoms with Gasteiger partial charge in [-0.25, -0.2) is 4.79 Å². The summed E-state index contributed by atoms with van der Waals surface area (Å²) in [7, 11) is 0. The Labute approximate surface area is 134 Å². The summed E-state index contributed by atoms with van der Waals surface area (Å²) >= 11 is 0. The van der Waals surface area contributed by atoms with Gasteiger partial charge >= 0.3 is 5.97 Å². The molecule has 2 rings (SSSR count). The van der Waals surface area contributed by atoms with Crippen molar-refractivity contribution in [3.8, 4) is 6.07 Å². The Morgan fingerprint density at radius 2 is 1.70 bits per heavy atom. The number of amides is 2. The first-order valence-corrected chi connectivity index (χ1v) is 7.43. The van der Waals surface area contributed by atoms with Gasteiger partial charge in [-0.15, -0.1) is 0 Å². The maximum atomic E-state index is 12.5. The van der Waals surface area contributed by atoms with Crippen molar-refractivity contribution in [2.24, 2.45) is 5.92 Å². The largest absolute Gasteiger partial charge is 0.446 e. The summed E-state index contributed by atoms with van der Waals surface area (Å²) in [6, 6.07) is 7.23. The lowest BCUT2D eigenvalue weighted by Crippen LogP contribution is -2.47. The van der Waals surface area contributed by atoms with E-state index in [0.717, 1.165) is 4.90 Å². The summed E-state index contributed by atoms with van der Waals surface area (Å²) in [6.07, 6.45) is -0.657. The van der Waals surface area contributed by atoms with E-state index in [1.165, 1.54) is 6.92 Å². The van der Waals surface area contributed by atoms with Crippen molar-refractivity contribution in [1.82, 2.24) is 4.90 Å². The summed E-state index contributed by atoms with van der Waals surface area (Å²) in [5.74, 6) is -1.67. The minimum atomic E-state index is -1.03. The van der Waals surface area contributed by atoms with Crippen LogP contribution in [0.1, 0.15) is 47.9 Å². The molecule has 0 fully saturated rings. The SMILES string of the molecule is CC(C)C[C@H](C(=O)O[C@H](C)C#N)N1C(=O)c2ccccc2C1=O. The predicted octanol–water partition coefficient (Wildman–Crippen LogP) is 2.15. The number of benzene rings is 1. The lowest BCUT2D eigenvalue weighted by atomic mass is 10.0. The van der Waals surface area contributed by atoms with Crippen LogP contribution >= 0.6 is 0 Å². The molecule has 1 aliphatic heterocycles. The molecule has 0 bridgehead atoms. The topological polar surface area (TPSA) is 87.5 Å². The highest BCUT2D eigenvalue weighted by atomic mass is 16.5. The normalized spacial score (nSPS) is 16.0. The number of carbonyl (C=O) groups excluding carboxylic acids is 3. The molecule has 0 saturated carbocycles. The summed E-state index contributed by atoms with van der Waals surface area (Å²) in [4.78, 5) is 38.4. The van der Waals surface area contributed by atoms with Gasteiger partial charge in [-0.2, -0.15) is 5.26 Å². The molecular weight excluding hydrogens is 296 g/mol. The smallest absolute Gasteiger partial charge is 0.330 e. The first-order chi connectivity index (χ1) is 10.9. The Hall–Kier alpha value is -2.68. The van der Waals surface area contributed by atoms with E-state index < -0.39 is 29.9 Å². The molecule has 0 N–H and O–H groups in total. The minimum absolute atomic E-state index is 0.0641. The van der Waals surface area contributed by atoms with Crippen LogP contribution in [0, 0.1) is 17.2 Å². The van der Waals surface area contributed by atoms with Crippen molar-refractivity contribution in [2.75, 3.05) is 0 Å². The molecule has 0 unspecified atom stereocenters. The van der Waals surface area contributed by atoms with Gasteiger partial charge in [0.25, 0.3) is 11.8 Å². The van der Waals surface area contributed by atoms with Gasteiger partial charge in [0, 0.05) is 0 Å². The van der Waals surface area contributed by atoms with Crippen molar-refractivity contribution < 1.29 is 19.1 Å². The zero-order chi connectivity index (χ0) is 17.1. The number of imide groups is 1. The summed E-state index contributed by atoms with van der Waals surface area (Å²) < 4.78 is 5.02. The first kappa shape index (κ1) is 16.7. The molecule has 120 valence electrons. The van der Waals surface area contributed by atoms with E-state index in [1.54, 1.807) is 30.3 Å². The van der Waals surface area contributed by atoms with Crippen LogP contribution in [-0.4, -0.2) is 34.8 Å². The van der Waals surface area contributed by atoms with Crippen LogP contribution < -0.4 is 0 Å². The maximum Gasteiger partial charge on any atom is 0.330 e. The van der Waals surface area contributed by atoms with Crippen LogP contribution in [0.25, 0.3) is 0 Å². The van der Waals surface area contributed by atoms with Crippen molar-refractivity contribution in [1.29, 1.82) is 5.26 Å². The number of hydrogen-bond donors (Lipinski definition) is 0. The van der Waals surface area contributed by atoms with E-state index in [2.05, 4.69) is 0 Å². The van der Waals surface area contributed by atoms with Crippen LogP contribution in [0.15, 0.2) is 24.3 Å². The van der Waals surface area contributed by atoms with Crippen molar-refractivity contribution in [3.05, 3.63) is 35.4 Å². The molecule has 0 radical (unpaired) electrons. The number of esters is 1. The number of fused-ring (bicyclic) bond motifs is 1. The van der Waals surface area contributed by atoms with Gasteiger partial charge in [-0.1, -0.05) is 26.0 Å². The second-order valence-electron chi connectivity index (χ2n) is 5.88. The Bertz CT molecular complexity index is 655. The first-order valence-electron chi connectivity index (χ1n) is 7.43. The van der Waals surface area contributed by atoms with Crippen LogP contribution in [0.3, 0.4) is 0 Å². The fourth-order valence-corrected chi connectivity index (χ4v) is 2.52. The van der Waals surface area contributed by atoms with Gasteiger partial charge in [0.15, 0.2) is 6.10 Å². The van der Waals surface area contributed by atoms with E-state index in [9.17, 15) is 14.4 Å². The molecule has 1 aromatic rings. The average molecular weight is 314 g/mol. The van der Waals surface area contributed by atoms with Crippen LogP contribution in [-0.2, 0) is 9.53 Å². The quantitative estimate of drug-likeness (QED) is 0.614. The highest BCUT2D eigenvalue weighted by Crippen LogP contribution is 2.27. The van der Waals surface area contributed by atoms with Gasteiger partial charge in [-0.3, -0.25) is 14.5 Å². The molecule has 6 nitrogen and oxygen atoms in total. The lowest BCUT2D eigenvalue weighted by molar-refractivity contribution is -0.151. The third kappa shape index (κ3) is 3.24. The average Bonchev–Trinajstić information content (AvgIpc) is 2.77. The van der Waals surface area contributed by atoms with Gasteiger partial charge in [0.05, 0.1) is 11.1 Å². The second-order valence-corrected chi connectivity index (χ2v) is 5.88. The van der Waals surface area contributed by atoms with Crippen molar-refractivity contribution >= 4 is 17.8 Å². The lowest BCUT2D eigenvalue weighted by Gasteiger charge is -2.26. The summed E-state index contributed by atoms with van der Waals surface area (Å²) in [5.41, 5.74) is 0.569. The van der Waals surface area contributed by atoms with Gasteiger partial charge in [-0.05, 0) is 31.4 Å². The fourth-order valence-electron chi connectivity index (χ4n) is 2.52. The van der Waals surface area contributed by atoms with Crippen LogP contribution in [0.4, 0.5) is 0 Å². The summed E-state index contributed by atoms with van der Waals surface area (Å²) in [6.45, 7) is 5.20. The molecule has 6 heteroatoms. The molecule has 2 amide bonds. The third-order valence-electron chi connectivity index (χ3n) is 3.58. The number of ether oxygens (including phenoxy) is 1. The number of rotatable bonds is 5. The molecule has 1 heterocycles. The number of nitrogens with zero attached hydrogens (tertiary/aromatic N) is 2. The molecule has 2 atom stereocenters. The third-order valence-corrected chi connectivity index (χ3v) is 3.58. The number of hydrogen-bond acceptors (Lipinski definition) is 5. The zero-order valence-corrected chi connectivity index (χ0v) is 13.3. The van der Waals surface area contributed by atoms with E-state index in [0.29, 0.717) is 0 Å². The van der Waals surface area contributed by atoms with Crippen LogP contribution in [0.5, 0.6) is 0 Å². The van der Waals surface area contributed by atoms with Crippen LogP contribution in [0.2, 0.25) is 0 Å². The highest BCUT2D eigenvalue weighted by Gasteiger charge is 2.43. The molecule has 1 aromatic carbocycles. The Kier molecular flexibility index (Phi) is 4.80. The van der Waals surface area contributed by atoms with Gasteiger partial charge < -0.3 is 4.74 Å². The van der Waals surface area contributed by atoms with E-state index in [-0.39, 0.29) is 23.5 Å². The van der Waals surface area contributed by atoms with E-state index in [4.69, 9.17) is 10.00 Å². The maximum absolute atomic E-state index is 12.5. The number of carbonyl (C=O) groups is 3. The standard InChI is InChI=1S/C17H18N2O4/c1-10(2)8-14(17(22)23-11(3)9-18)19-15(20)12-6-4-5-7-13(12)16(19)21/h4-7,10-11,14H,8H2,1-3H3/t11-,14-/m1/s1. The molecule has 0 aliphatic carbocycles. The molecule has 0 saturated heterocycles. The van der Waals surface area contributed by atoms with Crippen molar-refractivity contribution in [2.45, 2.75) is 39.3 Å². The molecular formula is C17H18N2O4. The molecule has 1 aliphatic rings. The second kappa shape index (κ2) is 6.61. The molecule has 0 spiro atoms. The molecule has 23 heavy (non-hydrogen) atoms. The van der Waals surface area contributed by atoms with Crippen molar-refractivity contribution in [3.63, 3.8) is 0 Å². The monoisotopic (exact) mass is 314 g/mol. The molecule has 0 aromatic heterocycles. The summed E-state index contributed by atoms with van der Waals surface area (Å²) in [5, 5.41) is 8.78. The van der Waals surface area contributed by atoms with E-state index >= 15 is 0 Å². The fraction of sp³-hybridized carbons (Fsp3) is 0.412. The van der Waals surface area contributed by atoms with E-state index in [1.807, 2.05) is 13.8 Å². The zero-order valence-electron chi connectivity index (χ0n) is 13.3. The Morgan fingerprint density at radius 3 is 2.13 bits per heavy atom. The Balaban J connectivity index is 2.34. The highest BCUT2D eigenvalue weighted by molar-refractivity contribution is 6.22. The number of nitriles is 1. The Morgan fingerprint density at radius 1 is 1.17 bits per heavy atom. The van der Waals surface area contributed by atoms with Gasteiger partial charge in [0.1, 0.15) is 12.1 Å². The minimum Gasteiger partial charge on any atom is -0.446 e.